The van der Waals surface area contributed by atoms with E-state index in [1.54, 1.807) is 12.1 Å². The van der Waals surface area contributed by atoms with Crippen LogP contribution in [0.25, 0.3) is 0 Å². The molecule has 7 N–H and O–H groups in total. The molecular weight excluding hydrogens is 365 g/mol. The molecule has 0 bridgehead atoms. The molecule has 11 heteroatoms. The highest BCUT2D eigenvalue weighted by Gasteiger charge is 2.16. The van der Waals surface area contributed by atoms with Gasteiger partial charge in [0, 0.05) is 0 Å². The lowest BCUT2D eigenvalue weighted by Crippen LogP contribution is -2.37. The van der Waals surface area contributed by atoms with Crippen LogP contribution in [0.3, 0.4) is 0 Å². The Bertz CT molecular complexity index is 809. The molecule has 23 heavy (non-hydrogen) atoms. The van der Waals surface area contributed by atoms with Gasteiger partial charge in [-0.25, -0.2) is 15.0 Å². The zero-order valence-corrected chi connectivity index (χ0v) is 13.6. The van der Waals surface area contributed by atoms with Gasteiger partial charge in [0.05, 0.1) is 15.7 Å². The van der Waals surface area contributed by atoms with E-state index in [1.807, 2.05) is 0 Å². The monoisotopic (exact) mass is 373 g/mol. The van der Waals surface area contributed by atoms with Gasteiger partial charge in [-0.05, 0) is 18.2 Å². The number of amides is 1. The lowest BCUT2D eigenvalue weighted by molar-refractivity contribution is 0.0972. The number of nitrogen functional groups attached to an aromatic ring is 2. The summed E-state index contributed by atoms with van der Waals surface area (Å²) in [7, 11) is 0. The van der Waals surface area contributed by atoms with Crippen LogP contribution >= 0.6 is 34.8 Å². The smallest absolute Gasteiger partial charge is 0.280 e. The quantitative estimate of drug-likeness (QED) is 0.467. The van der Waals surface area contributed by atoms with Crippen molar-refractivity contribution >= 4 is 64.0 Å². The molecule has 1 aromatic carbocycles. The molecule has 0 spiro atoms. The van der Waals surface area contributed by atoms with Crippen molar-refractivity contribution in [2.45, 2.75) is 0 Å². The second-order valence-corrected chi connectivity index (χ2v) is 5.36. The van der Waals surface area contributed by atoms with Gasteiger partial charge in [-0.15, -0.1) is 0 Å². The highest BCUT2D eigenvalue weighted by molar-refractivity contribution is 6.42. The summed E-state index contributed by atoms with van der Waals surface area (Å²) in [6.07, 6.45) is 0. The van der Waals surface area contributed by atoms with Gasteiger partial charge in [0.2, 0.25) is 5.96 Å². The fraction of sp³-hybridized carbons (Fsp3) is 0. The zero-order chi connectivity index (χ0) is 17.1. The summed E-state index contributed by atoms with van der Waals surface area (Å²) in [5.74, 6) is -1.22. The maximum Gasteiger partial charge on any atom is 0.280 e. The fourth-order valence-corrected chi connectivity index (χ4v) is 1.92. The summed E-state index contributed by atoms with van der Waals surface area (Å²) in [5, 5.41) is 2.82. The van der Waals surface area contributed by atoms with Crippen LogP contribution in [-0.2, 0) is 0 Å². The number of aromatic nitrogens is 2. The maximum absolute atomic E-state index is 12.0. The van der Waals surface area contributed by atoms with Crippen molar-refractivity contribution in [1.82, 2.24) is 15.3 Å². The number of aliphatic imine (C=N–C) groups is 1. The largest absolute Gasteiger partial charge is 0.382 e. The molecule has 0 atom stereocenters. The molecule has 8 nitrogen and oxygen atoms in total. The van der Waals surface area contributed by atoms with E-state index in [1.165, 1.54) is 6.07 Å². The highest BCUT2D eigenvalue weighted by Crippen LogP contribution is 2.26. The lowest BCUT2D eigenvalue weighted by atomic mass is 10.3. The van der Waals surface area contributed by atoms with E-state index in [0.717, 1.165) is 0 Å². The number of anilines is 2. The average Bonchev–Trinajstić information content (AvgIpc) is 2.46. The minimum Gasteiger partial charge on any atom is -0.382 e. The van der Waals surface area contributed by atoms with Crippen molar-refractivity contribution in [2.24, 2.45) is 10.7 Å². The molecule has 0 aliphatic carbocycles. The fourth-order valence-electron chi connectivity index (χ4n) is 1.51. The van der Waals surface area contributed by atoms with E-state index in [9.17, 15) is 4.79 Å². The summed E-state index contributed by atoms with van der Waals surface area (Å²) in [6, 6.07) is 4.60. The first-order valence-corrected chi connectivity index (χ1v) is 7.10. The summed E-state index contributed by atoms with van der Waals surface area (Å²) in [6.45, 7) is 0. The van der Waals surface area contributed by atoms with Crippen LogP contribution in [0, 0.1) is 0 Å². The molecular formula is C12H10Cl3N7O. The minimum atomic E-state index is -0.738. The first-order chi connectivity index (χ1) is 10.8. The van der Waals surface area contributed by atoms with Crippen LogP contribution in [0.1, 0.15) is 10.5 Å². The van der Waals surface area contributed by atoms with E-state index in [-0.39, 0.29) is 28.4 Å². The number of nitrogens with one attached hydrogen (secondary N) is 1. The Morgan fingerprint density at radius 1 is 1.09 bits per heavy atom. The Labute approximate surface area is 145 Å². The van der Waals surface area contributed by atoms with Crippen LogP contribution in [-0.4, -0.2) is 21.8 Å². The molecule has 1 aromatic heterocycles. The SMILES string of the molecule is NC(=Nc1ccc(Cl)c(Cl)c1)NC(=O)c1nc(Cl)c(N)nc1N. The molecule has 120 valence electrons. The number of halogens is 3. The van der Waals surface area contributed by atoms with E-state index >= 15 is 0 Å². The number of carbonyl (C=O) groups excluding carboxylic acids is 1. The second kappa shape index (κ2) is 6.86. The Hall–Kier alpha value is -2.29. The molecule has 2 aromatic rings. The molecule has 1 heterocycles. The highest BCUT2D eigenvalue weighted by atomic mass is 35.5. The van der Waals surface area contributed by atoms with Gasteiger partial charge in [-0.2, -0.15) is 0 Å². The number of carbonyl (C=O) groups is 1. The number of rotatable bonds is 2. The Kier molecular flexibility index (Phi) is 5.09. The summed E-state index contributed by atoms with van der Waals surface area (Å²) < 4.78 is 0. The number of nitrogens with two attached hydrogens (primary N) is 3. The van der Waals surface area contributed by atoms with Gasteiger partial charge in [0.25, 0.3) is 5.91 Å². The van der Waals surface area contributed by atoms with Gasteiger partial charge < -0.3 is 17.2 Å². The standard InChI is InChI=1S/C12H10Cl3N7O/c13-5-2-1-4(3-6(5)14)19-12(18)22-11(23)7-9(16)21-10(17)8(15)20-7/h1-3H,(H4,16,17,21)(H3,18,19,22,23). The number of hydrogen-bond donors (Lipinski definition) is 4. The normalized spacial score (nSPS) is 11.3. The molecule has 0 fully saturated rings. The molecule has 0 saturated heterocycles. The van der Waals surface area contributed by atoms with Gasteiger partial charge in [0.15, 0.2) is 22.5 Å². The van der Waals surface area contributed by atoms with Crippen LogP contribution in [0.4, 0.5) is 17.3 Å². The summed E-state index contributed by atoms with van der Waals surface area (Å²) >= 11 is 17.4. The van der Waals surface area contributed by atoms with Crippen LogP contribution in [0.2, 0.25) is 15.2 Å². The van der Waals surface area contributed by atoms with Crippen LogP contribution in [0.5, 0.6) is 0 Å². The second-order valence-electron chi connectivity index (χ2n) is 4.18. The van der Waals surface area contributed by atoms with Crippen molar-refractivity contribution in [1.29, 1.82) is 0 Å². The Morgan fingerprint density at radius 3 is 2.43 bits per heavy atom. The van der Waals surface area contributed by atoms with Gasteiger partial charge in [-0.1, -0.05) is 34.8 Å². The summed E-state index contributed by atoms with van der Waals surface area (Å²) in [5.41, 5.74) is 16.8. The third kappa shape index (κ3) is 4.13. The average molecular weight is 375 g/mol. The number of hydrogen-bond acceptors (Lipinski definition) is 6. The number of nitrogens with zero attached hydrogens (tertiary/aromatic N) is 3. The third-order valence-electron chi connectivity index (χ3n) is 2.51. The zero-order valence-electron chi connectivity index (χ0n) is 11.3. The van der Waals surface area contributed by atoms with E-state index in [2.05, 4.69) is 20.3 Å². The maximum atomic E-state index is 12.0. The third-order valence-corrected chi connectivity index (χ3v) is 3.53. The molecule has 0 aliphatic heterocycles. The van der Waals surface area contributed by atoms with Gasteiger partial charge >= 0.3 is 0 Å². The first-order valence-electron chi connectivity index (χ1n) is 5.97. The minimum absolute atomic E-state index is 0.0850. The lowest BCUT2D eigenvalue weighted by Gasteiger charge is -2.07. The van der Waals surface area contributed by atoms with Crippen molar-refractivity contribution < 1.29 is 4.79 Å². The van der Waals surface area contributed by atoms with E-state index < -0.39 is 5.91 Å². The number of benzene rings is 1. The molecule has 0 saturated carbocycles. The summed E-state index contributed by atoms with van der Waals surface area (Å²) in [4.78, 5) is 23.5. The van der Waals surface area contributed by atoms with Gasteiger partial charge in [0.1, 0.15) is 0 Å². The van der Waals surface area contributed by atoms with Crippen LogP contribution in [0.15, 0.2) is 23.2 Å². The Balaban J connectivity index is 2.20. The van der Waals surface area contributed by atoms with E-state index in [4.69, 9.17) is 52.0 Å². The predicted molar refractivity (Wildman–Crippen MR) is 91.1 cm³/mol. The molecule has 0 radical (unpaired) electrons. The van der Waals surface area contributed by atoms with Crippen molar-refractivity contribution in [3.05, 3.63) is 39.1 Å². The van der Waals surface area contributed by atoms with E-state index in [0.29, 0.717) is 15.7 Å². The molecule has 0 aliphatic rings. The molecule has 0 unspecified atom stereocenters. The van der Waals surface area contributed by atoms with Crippen molar-refractivity contribution in [3.63, 3.8) is 0 Å². The Morgan fingerprint density at radius 2 is 1.78 bits per heavy atom. The van der Waals surface area contributed by atoms with Crippen LogP contribution < -0.4 is 22.5 Å². The molecule has 2 rings (SSSR count). The van der Waals surface area contributed by atoms with Gasteiger partial charge in [-0.3, -0.25) is 10.1 Å². The first kappa shape index (κ1) is 17.1. The number of guanidine groups is 1. The topological polar surface area (TPSA) is 145 Å². The van der Waals surface area contributed by atoms with Crippen molar-refractivity contribution in [3.8, 4) is 0 Å². The predicted octanol–water partition coefficient (Wildman–Crippen LogP) is 1.98. The molecule has 1 amide bonds. The van der Waals surface area contributed by atoms with Crippen molar-refractivity contribution in [2.75, 3.05) is 11.5 Å².